The molecule has 126 valence electrons. The SMILES string of the molecule is CNC(=O)c1cccc(NC(=O)c2cc(-n3cccn3)ccn2)c1C. The summed E-state index contributed by atoms with van der Waals surface area (Å²) in [4.78, 5) is 28.5. The normalized spacial score (nSPS) is 10.3. The third-order valence-corrected chi connectivity index (χ3v) is 3.80. The zero-order chi connectivity index (χ0) is 17.8. The van der Waals surface area contributed by atoms with E-state index in [0.29, 0.717) is 16.8 Å². The van der Waals surface area contributed by atoms with Crippen LogP contribution < -0.4 is 10.6 Å². The van der Waals surface area contributed by atoms with Crippen LogP contribution in [-0.4, -0.2) is 33.6 Å². The Hall–Kier alpha value is -3.48. The van der Waals surface area contributed by atoms with Crippen molar-refractivity contribution in [1.82, 2.24) is 20.1 Å². The summed E-state index contributed by atoms with van der Waals surface area (Å²) in [6, 6.07) is 10.4. The number of amides is 2. The molecule has 2 heterocycles. The van der Waals surface area contributed by atoms with Crippen LogP contribution in [0.25, 0.3) is 5.69 Å². The lowest BCUT2D eigenvalue weighted by molar-refractivity contribution is 0.0960. The van der Waals surface area contributed by atoms with Crippen LogP contribution in [0.1, 0.15) is 26.4 Å². The van der Waals surface area contributed by atoms with Crippen LogP contribution in [-0.2, 0) is 0 Å². The number of carbonyl (C=O) groups is 2. The number of benzene rings is 1. The number of pyridine rings is 1. The first kappa shape index (κ1) is 16.4. The van der Waals surface area contributed by atoms with Gasteiger partial charge in [-0.1, -0.05) is 6.07 Å². The van der Waals surface area contributed by atoms with E-state index in [-0.39, 0.29) is 17.5 Å². The molecule has 0 aliphatic carbocycles. The van der Waals surface area contributed by atoms with Crippen LogP contribution in [0, 0.1) is 6.92 Å². The van der Waals surface area contributed by atoms with E-state index in [0.717, 1.165) is 5.69 Å². The fourth-order valence-electron chi connectivity index (χ4n) is 2.45. The van der Waals surface area contributed by atoms with E-state index in [9.17, 15) is 9.59 Å². The third kappa shape index (κ3) is 3.40. The summed E-state index contributed by atoms with van der Waals surface area (Å²) in [5.41, 5.74) is 2.77. The first-order chi connectivity index (χ1) is 12.1. The smallest absolute Gasteiger partial charge is 0.274 e. The zero-order valence-electron chi connectivity index (χ0n) is 13.9. The monoisotopic (exact) mass is 335 g/mol. The highest BCUT2D eigenvalue weighted by molar-refractivity contribution is 6.05. The molecule has 0 saturated carbocycles. The predicted molar refractivity (Wildman–Crippen MR) is 93.9 cm³/mol. The van der Waals surface area contributed by atoms with E-state index in [1.54, 1.807) is 73.6 Å². The van der Waals surface area contributed by atoms with Crippen LogP contribution in [0.15, 0.2) is 55.0 Å². The lowest BCUT2D eigenvalue weighted by Gasteiger charge is -2.12. The number of nitrogens with one attached hydrogen (secondary N) is 2. The molecule has 7 nitrogen and oxygen atoms in total. The van der Waals surface area contributed by atoms with Crippen molar-refractivity contribution in [2.24, 2.45) is 0 Å². The minimum Gasteiger partial charge on any atom is -0.355 e. The van der Waals surface area contributed by atoms with Crippen molar-refractivity contribution in [1.29, 1.82) is 0 Å². The van der Waals surface area contributed by atoms with Gasteiger partial charge in [0.1, 0.15) is 5.69 Å². The molecule has 2 N–H and O–H groups in total. The van der Waals surface area contributed by atoms with Gasteiger partial charge in [-0.3, -0.25) is 14.6 Å². The van der Waals surface area contributed by atoms with Crippen molar-refractivity contribution in [3.63, 3.8) is 0 Å². The lowest BCUT2D eigenvalue weighted by Crippen LogP contribution is -2.20. The Bertz CT molecular complexity index is 919. The van der Waals surface area contributed by atoms with E-state index in [1.807, 2.05) is 0 Å². The molecule has 0 aliphatic rings. The van der Waals surface area contributed by atoms with Gasteiger partial charge in [0.05, 0.1) is 5.69 Å². The lowest BCUT2D eigenvalue weighted by atomic mass is 10.1. The molecule has 0 aliphatic heterocycles. The molecule has 7 heteroatoms. The van der Waals surface area contributed by atoms with Crippen LogP contribution in [0.2, 0.25) is 0 Å². The van der Waals surface area contributed by atoms with Crippen molar-refractivity contribution in [3.05, 3.63) is 71.8 Å². The number of anilines is 1. The van der Waals surface area contributed by atoms with E-state index >= 15 is 0 Å². The predicted octanol–water partition coefficient (Wildman–Crippen LogP) is 2.19. The molecule has 0 bridgehead atoms. The number of hydrogen-bond acceptors (Lipinski definition) is 4. The average Bonchev–Trinajstić information content (AvgIpc) is 3.17. The Morgan fingerprint density at radius 1 is 1.08 bits per heavy atom. The van der Waals surface area contributed by atoms with E-state index in [4.69, 9.17) is 0 Å². The minimum absolute atomic E-state index is 0.201. The van der Waals surface area contributed by atoms with E-state index < -0.39 is 0 Å². The van der Waals surface area contributed by atoms with Gasteiger partial charge in [0.15, 0.2) is 0 Å². The number of hydrogen-bond donors (Lipinski definition) is 2. The zero-order valence-corrected chi connectivity index (χ0v) is 13.9. The molecule has 1 aromatic carbocycles. The fraction of sp³-hybridized carbons (Fsp3) is 0.111. The van der Waals surface area contributed by atoms with Gasteiger partial charge in [-0.05, 0) is 42.8 Å². The summed E-state index contributed by atoms with van der Waals surface area (Å²) < 4.78 is 1.65. The molecule has 2 aromatic heterocycles. The van der Waals surface area contributed by atoms with Crippen LogP contribution in [0.5, 0.6) is 0 Å². The number of aromatic nitrogens is 3. The molecule has 0 radical (unpaired) electrons. The standard InChI is InChI=1S/C18H17N5O2/c1-12-14(17(24)19-2)5-3-6-15(12)22-18(25)16-11-13(7-9-20-16)23-10-4-8-21-23/h3-11H,1-2H3,(H,19,24)(H,22,25). The summed E-state index contributed by atoms with van der Waals surface area (Å²) in [6.07, 6.45) is 5.00. The minimum atomic E-state index is -0.355. The molecule has 0 unspecified atom stereocenters. The second kappa shape index (κ2) is 6.96. The Morgan fingerprint density at radius 3 is 2.64 bits per heavy atom. The number of carbonyl (C=O) groups excluding carboxylic acids is 2. The highest BCUT2D eigenvalue weighted by Gasteiger charge is 2.14. The highest BCUT2D eigenvalue weighted by atomic mass is 16.2. The van der Waals surface area contributed by atoms with Gasteiger partial charge < -0.3 is 10.6 Å². The van der Waals surface area contributed by atoms with Gasteiger partial charge in [0.2, 0.25) is 0 Å². The van der Waals surface area contributed by atoms with Crippen molar-refractivity contribution in [3.8, 4) is 5.69 Å². The maximum absolute atomic E-state index is 12.5. The Morgan fingerprint density at radius 2 is 1.92 bits per heavy atom. The summed E-state index contributed by atoms with van der Waals surface area (Å²) in [6.45, 7) is 1.79. The van der Waals surface area contributed by atoms with Crippen molar-refractivity contribution in [2.45, 2.75) is 6.92 Å². The summed E-state index contributed by atoms with van der Waals surface area (Å²) in [5, 5.41) is 9.53. The largest absolute Gasteiger partial charge is 0.355 e. The molecule has 0 spiro atoms. The van der Waals surface area contributed by atoms with Gasteiger partial charge in [0, 0.05) is 36.9 Å². The molecule has 3 aromatic rings. The van der Waals surface area contributed by atoms with Gasteiger partial charge in [-0.2, -0.15) is 5.10 Å². The Balaban J connectivity index is 1.86. The summed E-state index contributed by atoms with van der Waals surface area (Å²) in [7, 11) is 1.57. The second-order valence-electron chi connectivity index (χ2n) is 5.36. The molecule has 2 amide bonds. The number of nitrogens with zero attached hydrogens (tertiary/aromatic N) is 3. The fourth-order valence-corrected chi connectivity index (χ4v) is 2.45. The van der Waals surface area contributed by atoms with Crippen LogP contribution in [0.3, 0.4) is 0 Å². The molecule has 0 saturated heterocycles. The van der Waals surface area contributed by atoms with Crippen molar-refractivity contribution >= 4 is 17.5 Å². The molecular weight excluding hydrogens is 318 g/mol. The second-order valence-corrected chi connectivity index (χ2v) is 5.36. The topological polar surface area (TPSA) is 88.9 Å². The van der Waals surface area contributed by atoms with Crippen molar-refractivity contribution in [2.75, 3.05) is 12.4 Å². The first-order valence-corrected chi connectivity index (χ1v) is 7.69. The first-order valence-electron chi connectivity index (χ1n) is 7.69. The molecule has 3 rings (SSSR count). The van der Waals surface area contributed by atoms with E-state index in [1.165, 1.54) is 0 Å². The Kier molecular flexibility index (Phi) is 4.56. The molecule has 25 heavy (non-hydrogen) atoms. The van der Waals surface area contributed by atoms with Gasteiger partial charge in [-0.15, -0.1) is 0 Å². The maximum atomic E-state index is 12.5. The molecule has 0 atom stereocenters. The Labute approximate surface area is 144 Å². The maximum Gasteiger partial charge on any atom is 0.274 e. The highest BCUT2D eigenvalue weighted by Crippen LogP contribution is 2.20. The molecular formula is C18H17N5O2. The van der Waals surface area contributed by atoms with Gasteiger partial charge >= 0.3 is 0 Å². The third-order valence-electron chi connectivity index (χ3n) is 3.80. The average molecular weight is 335 g/mol. The van der Waals surface area contributed by atoms with Gasteiger partial charge in [-0.25, -0.2) is 4.68 Å². The quantitative estimate of drug-likeness (QED) is 0.765. The van der Waals surface area contributed by atoms with E-state index in [2.05, 4.69) is 20.7 Å². The molecule has 0 fully saturated rings. The van der Waals surface area contributed by atoms with Crippen LogP contribution >= 0.6 is 0 Å². The van der Waals surface area contributed by atoms with Gasteiger partial charge in [0.25, 0.3) is 11.8 Å². The van der Waals surface area contributed by atoms with Crippen LogP contribution in [0.4, 0.5) is 5.69 Å². The number of rotatable bonds is 4. The summed E-state index contributed by atoms with van der Waals surface area (Å²) in [5.74, 6) is -0.557. The van der Waals surface area contributed by atoms with Crippen molar-refractivity contribution < 1.29 is 9.59 Å². The summed E-state index contributed by atoms with van der Waals surface area (Å²) >= 11 is 0.